The monoisotopic (exact) mass is 688 g/mol. The molecule has 2 bridgehead atoms. The highest BCUT2D eigenvalue weighted by molar-refractivity contribution is 5.95. The fourth-order valence-electron chi connectivity index (χ4n) is 5.02. The van der Waals surface area contributed by atoms with Gasteiger partial charge >= 0.3 is 0 Å². The Morgan fingerprint density at radius 3 is 2.33 bits per heavy atom. The molecule has 0 aromatic heterocycles. The van der Waals surface area contributed by atoms with Crippen LogP contribution in [-0.2, 0) is 36.8 Å². The van der Waals surface area contributed by atoms with Crippen LogP contribution in [0.15, 0.2) is 48.5 Å². The number of fused-ring (bicyclic) bond motifs is 2. The Kier molecular flexibility index (Phi) is 16.7. The van der Waals surface area contributed by atoms with Crippen molar-refractivity contribution in [2.75, 3.05) is 26.8 Å². The van der Waals surface area contributed by atoms with Crippen molar-refractivity contribution in [2.45, 2.75) is 77.0 Å². The van der Waals surface area contributed by atoms with Crippen molar-refractivity contribution < 1.29 is 33.4 Å². The van der Waals surface area contributed by atoms with Gasteiger partial charge in [-0.05, 0) is 61.8 Å². The molecule has 14 heteroatoms. The second-order valence-electron chi connectivity index (χ2n) is 12.0. The highest BCUT2D eigenvalue weighted by Crippen LogP contribution is 2.28. The zero-order chi connectivity index (χ0) is 34.3. The molecule has 4 atom stereocenters. The summed E-state index contributed by atoms with van der Waals surface area (Å²) in [7, 11) is 1.51. The molecular weight excluding hydrogens is 640 g/mol. The smallest absolute Gasteiger partial charge is 0.257 e. The number of nitrogens with one attached hydrogen (secondary N) is 5. The van der Waals surface area contributed by atoms with E-state index >= 15 is 0 Å². The number of amides is 5. The Labute approximate surface area is 288 Å². The fraction of sp³-hybridized carbons (Fsp3) is 0.500. The zero-order valence-corrected chi connectivity index (χ0v) is 28.8. The van der Waals surface area contributed by atoms with Gasteiger partial charge in [-0.25, -0.2) is 0 Å². The van der Waals surface area contributed by atoms with Gasteiger partial charge in [-0.1, -0.05) is 50.2 Å². The summed E-state index contributed by atoms with van der Waals surface area (Å²) in [5, 5.41) is 14.0. The molecule has 0 saturated heterocycles. The molecule has 2 aromatic carbocycles. The Morgan fingerprint density at radius 1 is 0.958 bits per heavy atom. The lowest BCUT2D eigenvalue weighted by Gasteiger charge is -2.27. The molecule has 0 fully saturated rings. The number of benzene rings is 2. The fourth-order valence-corrected chi connectivity index (χ4v) is 5.02. The summed E-state index contributed by atoms with van der Waals surface area (Å²) < 4.78 is 11.1. The summed E-state index contributed by atoms with van der Waals surface area (Å²) in [5.41, 5.74) is 7.49. The van der Waals surface area contributed by atoms with Gasteiger partial charge in [-0.3, -0.25) is 24.0 Å². The third-order valence-corrected chi connectivity index (χ3v) is 7.73. The third-order valence-electron chi connectivity index (χ3n) is 7.73. The number of carbonyl (C=O) groups is 5. The van der Waals surface area contributed by atoms with Crippen molar-refractivity contribution in [1.82, 2.24) is 26.6 Å². The zero-order valence-electron chi connectivity index (χ0n) is 28.0. The maximum atomic E-state index is 13.7. The van der Waals surface area contributed by atoms with Gasteiger partial charge in [0.05, 0.1) is 13.2 Å². The molecule has 1 heterocycles. The molecule has 5 amide bonds. The van der Waals surface area contributed by atoms with Gasteiger partial charge in [0, 0.05) is 19.5 Å². The number of hydrogen-bond acceptors (Lipinski definition) is 8. The van der Waals surface area contributed by atoms with E-state index in [-0.39, 0.29) is 56.1 Å². The van der Waals surface area contributed by atoms with Crippen LogP contribution in [0.25, 0.3) is 0 Å². The van der Waals surface area contributed by atoms with E-state index < -0.39 is 41.9 Å². The van der Waals surface area contributed by atoms with E-state index in [0.717, 1.165) is 11.1 Å². The Morgan fingerprint density at radius 2 is 1.67 bits per heavy atom. The van der Waals surface area contributed by atoms with E-state index in [0.29, 0.717) is 37.3 Å². The van der Waals surface area contributed by atoms with Crippen molar-refractivity contribution in [2.24, 2.45) is 11.7 Å². The number of aryl methyl sites for hydroxylation is 1. The highest BCUT2D eigenvalue weighted by atomic mass is 35.5. The molecule has 3 rings (SSSR count). The van der Waals surface area contributed by atoms with Crippen LogP contribution in [0.4, 0.5) is 0 Å². The first kappa shape index (κ1) is 39.8. The van der Waals surface area contributed by atoms with Crippen LogP contribution in [-0.4, -0.2) is 80.5 Å². The summed E-state index contributed by atoms with van der Waals surface area (Å²) in [6.07, 6.45) is 1.86. The number of hydrogen-bond donors (Lipinski definition) is 6. The molecule has 1 aliphatic heterocycles. The lowest BCUT2D eigenvalue weighted by atomic mass is 10.00. The standard InChI is InChI=1S/C34H48N6O7.ClH/c1-21(2)30-34(45)37-17-8-12-24-14-15-27(46-4)28(19-24)47-20-29(41)36-16-9-13-25(38-31(42)22(3)35)32(43)39-26(33(44)40-30)18-23-10-6-5-7-11-23;/h5-7,10-11,14-15,19,21-22,25-26,30H,8-9,12-13,16-18,20,35H2,1-4H3,(H,36,41)(H,37,45)(H,38,42)(H,39,43)(H,40,44);1H/t22-,25-,26-,30+;/m0./s1. The van der Waals surface area contributed by atoms with Gasteiger partial charge in [0.25, 0.3) is 5.91 Å². The van der Waals surface area contributed by atoms with Crippen molar-refractivity contribution in [3.8, 4) is 11.5 Å². The highest BCUT2D eigenvalue weighted by Gasteiger charge is 2.31. The second-order valence-corrected chi connectivity index (χ2v) is 12.0. The predicted molar refractivity (Wildman–Crippen MR) is 184 cm³/mol. The second kappa shape index (κ2) is 20.1. The molecule has 13 nitrogen and oxygen atoms in total. The molecule has 0 saturated carbocycles. The number of halogens is 1. The molecule has 0 aliphatic carbocycles. The maximum absolute atomic E-state index is 13.7. The SMILES string of the molecule is COc1ccc2cc1OCC(=O)NCCC[C@H](NC(=O)[C@H](C)N)C(=O)N[C@@H](Cc1ccccc1)C(=O)N[C@H](C(C)C)C(=O)NCCC2.Cl. The molecule has 48 heavy (non-hydrogen) atoms. The van der Waals surface area contributed by atoms with Crippen molar-refractivity contribution in [1.29, 1.82) is 0 Å². The van der Waals surface area contributed by atoms with E-state index in [1.807, 2.05) is 50.2 Å². The number of methoxy groups -OCH3 is 1. The third kappa shape index (κ3) is 12.7. The molecule has 0 unspecified atom stereocenters. The van der Waals surface area contributed by atoms with Gasteiger partial charge in [-0.15, -0.1) is 12.4 Å². The van der Waals surface area contributed by atoms with Gasteiger partial charge in [0.15, 0.2) is 18.1 Å². The number of ether oxygens (including phenoxy) is 2. The first-order valence-electron chi connectivity index (χ1n) is 16.0. The van der Waals surface area contributed by atoms with E-state index in [9.17, 15) is 24.0 Å². The molecule has 0 radical (unpaired) electrons. The number of rotatable bonds is 6. The van der Waals surface area contributed by atoms with Crippen molar-refractivity contribution >= 4 is 41.9 Å². The van der Waals surface area contributed by atoms with Crippen LogP contribution < -0.4 is 41.8 Å². The lowest BCUT2D eigenvalue weighted by molar-refractivity contribution is -0.134. The van der Waals surface area contributed by atoms with Gasteiger partial charge < -0.3 is 41.8 Å². The molecular formula is C34H49ClN6O7. The largest absolute Gasteiger partial charge is 0.493 e. The van der Waals surface area contributed by atoms with E-state index in [1.54, 1.807) is 12.1 Å². The predicted octanol–water partition coefficient (Wildman–Crippen LogP) is 1.15. The Hall–Kier alpha value is -4.36. The average molecular weight is 689 g/mol. The van der Waals surface area contributed by atoms with E-state index in [4.69, 9.17) is 15.2 Å². The first-order chi connectivity index (χ1) is 22.5. The van der Waals surface area contributed by atoms with Crippen molar-refractivity contribution in [3.63, 3.8) is 0 Å². The van der Waals surface area contributed by atoms with Crippen LogP contribution in [0.2, 0.25) is 0 Å². The number of carbonyl (C=O) groups excluding carboxylic acids is 5. The number of nitrogens with two attached hydrogens (primary N) is 1. The summed E-state index contributed by atoms with van der Waals surface area (Å²) in [4.78, 5) is 65.7. The molecule has 0 spiro atoms. The quantitative estimate of drug-likeness (QED) is 0.261. The maximum Gasteiger partial charge on any atom is 0.257 e. The van der Waals surface area contributed by atoms with Gasteiger partial charge in [0.1, 0.15) is 18.1 Å². The average Bonchev–Trinajstić information content (AvgIpc) is 3.05. The van der Waals surface area contributed by atoms with Crippen LogP contribution in [0.3, 0.4) is 0 Å². The molecule has 1 aliphatic rings. The van der Waals surface area contributed by atoms with E-state index in [1.165, 1.54) is 14.0 Å². The molecule has 2 aromatic rings. The van der Waals surface area contributed by atoms with E-state index in [2.05, 4.69) is 26.6 Å². The van der Waals surface area contributed by atoms with Crippen LogP contribution in [0, 0.1) is 5.92 Å². The minimum absolute atomic E-state index is 0. The minimum atomic E-state index is -1.05. The summed E-state index contributed by atoms with van der Waals surface area (Å²) in [5.74, 6) is -1.74. The lowest BCUT2D eigenvalue weighted by Crippen LogP contribution is -2.59. The molecule has 7 N–H and O–H groups in total. The Bertz CT molecular complexity index is 1380. The van der Waals surface area contributed by atoms with Crippen LogP contribution in [0.5, 0.6) is 11.5 Å². The minimum Gasteiger partial charge on any atom is -0.493 e. The first-order valence-corrected chi connectivity index (χ1v) is 16.0. The summed E-state index contributed by atoms with van der Waals surface area (Å²) in [6.45, 7) is 5.46. The topological polar surface area (TPSA) is 190 Å². The van der Waals surface area contributed by atoms with Crippen LogP contribution >= 0.6 is 12.4 Å². The van der Waals surface area contributed by atoms with Gasteiger partial charge in [0.2, 0.25) is 23.6 Å². The normalized spacial score (nSPS) is 20.9. The van der Waals surface area contributed by atoms with Crippen LogP contribution in [0.1, 0.15) is 51.2 Å². The summed E-state index contributed by atoms with van der Waals surface area (Å²) >= 11 is 0. The Balaban J connectivity index is 0.00000800. The summed E-state index contributed by atoms with van der Waals surface area (Å²) in [6, 6.07) is 10.8. The van der Waals surface area contributed by atoms with Gasteiger partial charge in [-0.2, -0.15) is 0 Å². The molecule has 264 valence electrons. The van der Waals surface area contributed by atoms with Crippen molar-refractivity contribution in [3.05, 3.63) is 59.7 Å².